The number of amides is 1. The molecule has 4 rings (SSSR count). The standard InChI is InChI=1S/C21H19N5O2/c1-12(27)20-25-17-9-8-15(10-18(17)26-20)24-21(28)16-11-22-13(2)23-19(16)14-6-4-3-5-7-14/h3-12,27H,1-2H3,(H,24,28)(H,25,26). The van der Waals surface area contributed by atoms with Crippen LogP contribution in [0.3, 0.4) is 0 Å². The summed E-state index contributed by atoms with van der Waals surface area (Å²) in [5.41, 5.74) is 3.90. The van der Waals surface area contributed by atoms with Crippen molar-refractivity contribution in [3.05, 3.63) is 71.9 Å². The van der Waals surface area contributed by atoms with E-state index in [2.05, 4.69) is 25.3 Å². The highest BCUT2D eigenvalue weighted by atomic mass is 16.3. The molecule has 2 aromatic carbocycles. The fraction of sp³-hybridized carbons (Fsp3) is 0.143. The first-order chi connectivity index (χ1) is 13.5. The average molecular weight is 373 g/mol. The Hall–Kier alpha value is -3.58. The molecule has 2 aromatic heterocycles. The number of aryl methyl sites for hydroxylation is 1. The van der Waals surface area contributed by atoms with Gasteiger partial charge < -0.3 is 15.4 Å². The van der Waals surface area contributed by atoms with Crippen LogP contribution in [0.2, 0.25) is 0 Å². The van der Waals surface area contributed by atoms with Crippen LogP contribution in [0.5, 0.6) is 0 Å². The highest BCUT2D eigenvalue weighted by Crippen LogP contribution is 2.24. The van der Waals surface area contributed by atoms with E-state index in [0.717, 1.165) is 16.6 Å². The first-order valence-electron chi connectivity index (χ1n) is 8.89. The van der Waals surface area contributed by atoms with E-state index < -0.39 is 6.10 Å². The van der Waals surface area contributed by atoms with E-state index >= 15 is 0 Å². The number of hydrogen-bond acceptors (Lipinski definition) is 5. The SMILES string of the molecule is Cc1ncc(C(=O)Nc2ccc3nc(C(C)O)[nH]c3c2)c(-c2ccccc2)n1. The molecule has 0 saturated heterocycles. The Labute approximate surface area is 161 Å². The van der Waals surface area contributed by atoms with Gasteiger partial charge in [0.05, 0.1) is 22.3 Å². The van der Waals surface area contributed by atoms with Gasteiger partial charge in [-0.15, -0.1) is 0 Å². The van der Waals surface area contributed by atoms with E-state index in [-0.39, 0.29) is 5.91 Å². The van der Waals surface area contributed by atoms with Gasteiger partial charge in [-0.25, -0.2) is 15.0 Å². The number of H-pyrrole nitrogens is 1. The second-order valence-corrected chi connectivity index (χ2v) is 6.53. The molecule has 3 N–H and O–H groups in total. The summed E-state index contributed by atoms with van der Waals surface area (Å²) in [5.74, 6) is 0.783. The van der Waals surface area contributed by atoms with Crippen LogP contribution in [0.4, 0.5) is 5.69 Å². The van der Waals surface area contributed by atoms with Crippen molar-refractivity contribution in [2.24, 2.45) is 0 Å². The van der Waals surface area contributed by atoms with Crippen molar-refractivity contribution in [1.82, 2.24) is 19.9 Å². The van der Waals surface area contributed by atoms with Gasteiger partial charge in [-0.05, 0) is 32.0 Å². The van der Waals surface area contributed by atoms with Gasteiger partial charge in [-0.1, -0.05) is 30.3 Å². The van der Waals surface area contributed by atoms with Gasteiger partial charge in [0.15, 0.2) is 0 Å². The van der Waals surface area contributed by atoms with Crippen molar-refractivity contribution in [3.8, 4) is 11.3 Å². The van der Waals surface area contributed by atoms with Gasteiger partial charge in [0.2, 0.25) is 0 Å². The summed E-state index contributed by atoms with van der Waals surface area (Å²) < 4.78 is 0. The molecule has 0 radical (unpaired) electrons. The largest absolute Gasteiger partial charge is 0.385 e. The first kappa shape index (κ1) is 17.8. The molecular weight excluding hydrogens is 354 g/mol. The fourth-order valence-electron chi connectivity index (χ4n) is 2.96. The highest BCUT2D eigenvalue weighted by Gasteiger charge is 2.16. The number of nitrogens with zero attached hydrogens (tertiary/aromatic N) is 3. The van der Waals surface area contributed by atoms with E-state index in [9.17, 15) is 9.90 Å². The molecule has 140 valence electrons. The zero-order valence-corrected chi connectivity index (χ0v) is 15.5. The summed E-state index contributed by atoms with van der Waals surface area (Å²) in [4.78, 5) is 28.9. The monoisotopic (exact) mass is 373 g/mol. The third-order valence-electron chi connectivity index (χ3n) is 4.35. The Kier molecular flexibility index (Phi) is 4.58. The van der Waals surface area contributed by atoms with E-state index in [1.165, 1.54) is 0 Å². The van der Waals surface area contributed by atoms with E-state index in [4.69, 9.17) is 0 Å². The van der Waals surface area contributed by atoms with E-state index in [0.29, 0.717) is 28.6 Å². The predicted molar refractivity (Wildman–Crippen MR) is 107 cm³/mol. The van der Waals surface area contributed by atoms with E-state index in [1.54, 1.807) is 38.2 Å². The van der Waals surface area contributed by atoms with Crippen molar-refractivity contribution < 1.29 is 9.90 Å². The van der Waals surface area contributed by atoms with Gasteiger partial charge >= 0.3 is 0 Å². The highest BCUT2D eigenvalue weighted by molar-refractivity contribution is 6.08. The number of aromatic nitrogens is 4. The summed E-state index contributed by atoms with van der Waals surface area (Å²) in [5, 5.41) is 12.6. The Morgan fingerprint density at radius 2 is 1.93 bits per heavy atom. The molecule has 7 heteroatoms. The average Bonchev–Trinajstić information content (AvgIpc) is 3.12. The van der Waals surface area contributed by atoms with Crippen molar-refractivity contribution >= 4 is 22.6 Å². The van der Waals surface area contributed by atoms with Gasteiger partial charge in [0.25, 0.3) is 5.91 Å². The van der Waals surface area contributed by atoms with Gasteiger partial charge in [-0.2, -0.15) is 0 Å². The minimum atomic E-state index is -0.691. The molecule has 0 aliphatic carbocycles. The maximum atomic E-state index is 12.9. The lowest BCUT2D eigenvalue weighted by atomic mass is 10.1. The number of imidazole rings is 1. The number of fused-ring (bicyclic) bond motifs is 1. The van der Waals surface area contributed by atoms with Crippen LogP contribution in [0.1, 0.15) is 35.0 Å². The molecule has 2 heterocycles. The fourth-order valence-corrected chi connectivity index (χ4v) is 2.96. The maximum Gasteiger partial charge on any atom is 0.259 e. The summed E-state index contributed by atoms with van der Waals surface area (Å²) in [7, 11) is 0. The van der Waals surface area contributed by atoms with Crippen LogP contribution in [0, 0.1) is 6.92 Å². The van der Waals surface area contributed by atoms with Crippen LogP contribution >= 0.6 is 0 Å². The molecule has 4 aromatic rings. The molecule has 1 unspecified atom stereocenters. The van der Waals surface area contributed by atoms with Crippen LogP contribution in [-0.2, 0) is 0 Å². The van der Waals surface area contributed by atoms with Crippen molar-refractivity contribution in [2.75, 3.05) is 5.32 Å². The number of rotatable bonds is 4. The smallest absolute Gasteiger partial charge is 0.259 e. The van der Waals surface area contributed by atoms with Crippen LogP contribution in [-0.4, -0.2) is 30.9 Å². The normalized spacial score (nSPS) is 12.1. The minimum Gasteiger partial charge on any atom is -0.385 e. The molecule has 0 aliphatic rings. The third kappa shape index (κ3) is 3.47. The summed E-state index contributed by atoms with van der Waals surface area (Å²) in [6, 6.07) is 14.9. The number of benzene rings is 2. The molecule has 1 amide bonds. The molecule has 0 saturated carbocycles. The number of aliphatic hydroxyl groups is 1. The number of aromatic amines is 1. The predicted octanol–water partition coefficient (Wildman–Crippen LogP) is 3.63. The molecule has 0 bridgehead atoms. The lowest BCUT2D eigenvalue weighted by Gasteiger charge is -2.10. The second-order valence-electron chi connectivity index (χ2n) is 6.53. The molecule has 0 spiro atoms. The number of anilines is 1. The minimum absolute atomic E-state index is 0.298. The Bertz CT molecular complexity index is 1150. The molecule has 1 atom stereocenters. The first-order valence-corrected chi connectivity index (χ1v) is 8.89. The van der Waals surface area contributed by atoms with Crippen LogP contribution in [0.25, 0.3) is 22.3 Å². The molecule has 0 fully saturated rings. The van der Waals surface area contributed by atoms with Crippen molar-refractivity contribution in [3.63, 3.8) is 0 Å². The topological polar surface area (TPSA) is 104 Å². The van der Waals surface area contributed by atoms with Crippen molar-refractivity contribution in [2.45, 2.75) is 20.0 Å². The number of carbonyl (C=O) groups excluding carboxylic acids is 1. The summed E-state index contributed by atoms with van der Waals surface area (Å²) >= 11 is 0. The van der Waals surface area contributed by atoms with Crippen molar-refractivity contribution in [1.29, 1.82) is 0 Å². The third-order valence-corrected chi connectivity index (χ3v) is 4.35. The second kappa shape index (κ2) is 7.21. The number of carbonyl (C=O) groups is 1. The van der Waals surface area contributed by atoms with Crippen LogP contribution < -0.4 is 5.32 Å². The Balaban J connectivity index is 1.66. The van der Waals surface area contributed by atoms with Gasteiger partial charge in [0, 0.05) is 17.4 Å². The zero-order chi connectivity index (χ0) is 19.7. The van der Waals surface area contributed by atoms with Gasteiger partial charge in [0.1, 0.15) is 17.8 Å². The number of nitrogens with one attached hydrogen (secondary N) is 2. The van der Waals surface area contributed by atoms with Crippen LogP contribution in [0.15, 0.2) is 54.7 Å². The lowest BCUT2D eigenvalue weighted by molar-refractivity contribution is 0.102. The molecule has 7 nitrogen and oxygen atoms in total. The number of aliphatic hydroxyl groups excluding tert-OH is 1. The molecule has 28 heavy (non-hydrogen) atoms. The Morgan fingerprint density at radius 3 is 2.68 bits per heavy atom. The lowest BCUT2D eigenvalue weighted by Crippen LogP contribution is -2.15. The Morgan fingerprint density at radius 1 is 1.14 bits per heavy atom. The molecular formula is C21H19N5O2. The maximum absolute atomic E-state index is 12.9. The van der Waals surface area contributed by atoms with E-state index in [1.807, 2.05) is 30.3 Å². The quantitative estimate of drug-likeness (QED) is 0.507. The summed E-state index contributed by atoms with van der Waals surface area (Å²) in [6.07, 6.45) is 0.851. The number of hydrogen-bond donors (Lipinski definition) is 3. The van der Waals surface area contributed by atoms with Gasteiger partial charge in [-0.3, -0.25) is 4.79 Å². The summed E-state index contributed by atoms with van der Waals surface area (Å²) in [6.45, 7) is 3.43. The zero-order valence-electron chi connectivity index (χ0n) is 15.5. The molecule has 0 aliphatic heterocycles.